The molecule has 0 atom stereocenters. The predicted octanol–water partition coefficient (Wildman–Crippen LogP) is 3.97. The van der Waals surface area contributed by atoms with Crippen LogP contribution in [0.5, 0.6) is 0 Å². The van der Waals surface area contributed by atoms with Gasteiger partial charge in [0.05, 0.1) is 11.3 Å². The number of nitrogens with zero attached hydrogens (tertiary/aromatic N) is 1. The summed E-state index contributed by atoms with van der Waals surface area (Å²) in [5.74, 6) is -0.577. The Balaban J connectivity index is 2.26. The molecule has 0 heterocycles. The molecule has 2 N–H and O–H groups in total. The third-order valence-corrected chi connectivity index (χ3v) is 4.59. The van der Waals surface area contributed by atoms with Crippen molar-refractivity contribution < 1.29 is 9.18 Å². The zero-order valence-corrected chi connectivity index (χ0v) is 13.2. The maximum Gasteiger partial charge on any atom is 0.255 e. The van der Waals surface area contributed by atoms with Crippen molar-refractivity contribution in [2.75, 3.05) is 12.3 Å². The summed E-state index contributed by atoms with van der Waals surface area (Å²) in [5.41, 5.74) is 6.03. The van der Waals surface area contributed by atoms with Gasteiger partial charge in [0.15, 0.2) is 0 Å². The molecule has 5 heteroatoms. The van der Waals surface area contributed by atoms with E-state index in [0.29, 0.717) is 22.6 Å². The second-order valence-electron chi connectivity index (χ2n) is 5.24. The molecule has 1 aromatic rings. The molecule has 1 saturated carbocycles. The van der Waals surface area contributed by atoms with Gasteiger partial charge < -0.3 is 10.6 Å². The Morgan fingerprint density at radius 2 is 2.05 bits per heavy atom. The summed E-state index contributed by atoms with van der Waals surface area (Å²) >= 11 is 3.26. The van der Waals surface area contributed by atoms with Gasteiger partial charge in [-0.15, -0.1) is 0 Å². The zero-order valence-electron chi connectivity index (χ0n) is 11.7. The minimum Gasteiger partial charge on any atom is -0.396 e. The molecule has 0 aromatic heterocycles. The van der Waals surface area contributed by atoms with Gasteiger partial charge in [-0.2, -0.15) is 0 Å². The lowest BCUT2D eigenvalue weighted by Gasteiger charge is -2.34. The summed E-state index contributed by atoms with van der Waals surface area (Å²) in [5, 5.41) is 0. The number of carbonyl (C=O) groups excluding carboxylic acids is 1. The summed E-state index contributed by atoms with van der Waals surface area (Å²) in [6, 6.07) is 2.98. The first kappa shape index (κ1) is 15.3. The second kappa shape index (κ2) is 6.57. The van der Waals surface area contributed by atoms with Gasteiger partial charge in [0.2, 0.25) is 0 Å². The standard InChI is InChI=1S/C15H20BrFN2O/c1-2-19(10-6-4-3-5-7-10)15(20)11-8-14(18)13(17)9-12(11)16/h8-10H,2-7,18H2,1H3. The van der Waals surface area contributed by atoms with Crippen molar-refractivity contribution in [2.24, 2.45) is 0 Å². The van der Waals surface area contributed by atoms with Crippen molar-refractivity contribution >= 4 is 27.5 Å². The van der Waals surface area contributed by atoms with E-state index >= 15 is 0 Å². The number of amides is 1. The maximum absolute atomic E-state index is 13.4. The number of hydrogen-bond acceptors (Lipinski definition) is 2. The monoisotopic (exact) mass is 342 g/mol. The van der Waals surface area contributed by atoms with E-state index in [1.54, 1.807) is 0 Å². The van der Waals surface area contributed by atoms with Gasteiger partial charge in [0, 0.05) is 17.1 Å². The van der Waals surface area contributed by atoms with E-state index in [9.17, 15) is 9.18 Å². The van der Waals surface area contributed by atoms with E-state index in [-0.39, 0.29) is 11.6 Å². The van der Waals surface area contributed by atoms with Crippen molar-refractivity contribution in [3.05, 3.63) is 28.0 Å². The molecule has 20 heavy (non-hydrogen) atoms. The minimum atomic E-state index is -0.505. The SMILES string of the molecule is CCN(C(=O)c1cc(N)c(F)cc1Br)C1CCCCC1. The lowest BCUT2D eigenvalue weighted by atomic mass is 9.93. The summed E-state index contributed by atoms with van der Waals surface area (Å²) in [4.78, 5) is 14.6. The highest BCUT2D eigenvalue weighted by molar-refractivity contribution is 9.10. The normalized spacial score (nSPS) is 16.1. The highest BCUT2D eigenvalue weighted by Crippen LogP contribution is 2.28. The molecule has 110 valence electrons. The Kier molecular flexibility index (Phi) is 5.02. The van der Waals surface area contributed by atoms with Crippen LogP contribution in [0.15, 0.2) is 16.6 Å². The Bertz CT molecular complexity index is 501. The van der Waals surface area contributed by atoms with Crippen molar-refractivity contribution in [2.45, 2.75) is 45.1 Å². The van der Waals surface area contributed by atoms with Crippen LogP contribution in [0.4, 0.5) is 10.1 Å². The van der Waals surface area contributed by atoms with E-state index in [1.165, 1.54) is 31.4 Å². The molecule has 1 fully saturated rings. The summed E-state index contributed by atoms with van der Waals surface area (Å²) in [7, 11) is 0. The smallest absolute Gasteiger partial charge is 0.255 e. The molecular formula is C15H20BrFN2O. The average molecular weight is 343 g/mol. The quantitative estimate of drug-likeness (QED) is 0.845. The van der Waals surface area contributed by atoms with Gasteiger partial charge >= 0.3 is 0 Å². The Labute approximate surface area is 127 Å². The first-order valence-corrected chi connectivity index (χ1v) is 7.89. The molecule has 1 amide bonds. The molecule has 0 spiro atoms. The molecule has 2 rings (SSSR count). The lowest BCUT2D eigenvalue weighted by Crippen LogP contribution is -2.41. The fourth-order valence-electron chi connectivity index (χ4n) is 2.84. The Hall–Kier alpha value is -1.10. The molecule has 0 radical (unpaired) electrons. The first-order chi connectivity index (χ1) is 9.54. The average Bonchev–Trinajstić information content (AvgIpc) is 2.44. The zero-order chi connectivity index (χ0) is 14.7. The number of nitrogens with two attached hydrogens (primary N) is 1. The van der Waals surface area contributed by atoms with E-state index in [0.717, 1.165) is 12.8 Å². The van der Waals surface area contributed by atoms with E-state index in [4.69, 9.17) is 5.73 Å². The van der Waals surface area contributed by atoms with E-state index in [2.05, 4.69) is 15.9 Å². The number of nitrogen functional groups attached to an aromatic ring is 1. The van der Waals surface area contributed by atoms with Crippen molar-refractivity contribution in [1.82, 2.24) is 4.90 Å². The molecule has 0 bridgehead atoms. The fourth-order valence-corrected chi connectivity index (χ4v) is 3.33. The van der Waals surface area contributed by atoms with Crippen LogP contribution >= 0.6 is 15.9 Å². The van der Waals surface area contributed by atoms with Gasteiger partial charge in [-0.05, 0) is 47.8 Å². The van der Waals surface area contributed by atoms with Crippen LogP contribution in [-0.4, -0.2) is 23.4 Å². The highest BCUT2D eigenvalue weighted by atomic mass is 79.9. The van der Waals surface area contributed by atoms with Gasteiger partial charge in [0.25, 0.3) is 5.91 Å². The minimum absolute atomic E-state index is 0.0104. The Morgan fingerprint density at radius 1 is 1.40 bits per heavy atom. The van der Waals surface area contributed by atoms with E-state index in [1.807, 2.05) is 11.8 Å². The number of halogens is 2. The Morgan fingerprint density at radius 3 is 2.65 bits per heavy atom. The molecule has 0 aliphatic heterocycles. The van der Waals surface area contributed by atoms with Crippen LogP contribution in [0.1, 0.15) is 49.4 Å². The lowest BCUT2D eigenvalue weighted by molar-refractivity contribution is 0.0647. The number of anilines is 1. The second-order valence-corrected chi connectivity index (χ2v) is 6.09. The van der Waals surface area contributed by atoms with Gasteiger partial charge in [-0.25, -0.2) is 4.39 Å². The largest absolute Gasteiger partial charge is 0.396 e. The maximum atomic E-state index is 13.4. The van der Waals surface area contributed by atoms with Crippen LogP contribution < -0.4 is 5.73 Å². The van der Waals surface area contributed by atoms with Crippen molar-refractivity contribution in [1.29, 1.82) is 0 Å². The molecule has 3 nitrogen and oxygen atoms in total. The topological polar surface area (TPSA) is 46.3 Å². The van der Waals surface area contributed by atoms with Crippen molar-refractivity contribution in [3.63, 3.8) is 0 Å². The van der Waals surface area contributed by atoms with Crippen molar-refractivity contribution in [3.8, 4) is 0 Å². The molecule has 0 saturated heterocycles. The third kappa shape index (κ3) is 3.14. The number of carbonyl (C=O) groups is 1. The predicted molar refractivity (Wildman–Crippen MR) is 82.1 cm³/mol. The van der Waals surface area contributed by atoms with Crippen LogP contribution in [0.25, 0.3) is 0 Å². The number of rotatable bonds is 3. The number of hydrogen-bond donors (Lipinski definition) is 1. The fraction of sp³-hybridized carbons (Fsp3) is 0.533. The summed E-state index contributed by atoms with van der Waals surface area (Å²) in [6.45, 7) is 2.64. The van der Waals surface area contributed by atoms with Crippen LogP contribution in [0.3, 0.4) is 0 Å². The van der Waals surface area contributed by atoms with Gasteiger partial charge in [-0.3, -0.25) is 4.79 Å². The molecular weight excluding hydrogens is 323 g/mol. The molecule has 1 aromatic carbocycles. The first-order valence-electron chi connectivity index (χ1n) is 7.10. The number of benzene rings is 1. The molecule has 1 aliphatic rings. The molecule has 0 unspecified atom stereocenters. The van der Waals surface area contributed by atoms with Crippen LogP contribution in [-0.2, 0) is 0 Å². The van der Waals surface area contributed by atoms with Crippen LogP contribution in [0, 0.1) is 5.82 Å². The van der Waals surface area contributed by atoms with Crippen LogP contribution in [0.2, 0.25) is 0 Å². The van der Waals surface area contributed by atoms with E-state index < -0.39 is 5.82 Å². The third-order valence-electron chi connectivity index (χ3n) is 3.93. The highest BCUT2D eigenvalue weighted by Gasteiger charge is 2.26. The van der Waals surface area contributed by atoms with Gasteiger partial charge in [0.1, 0.15) is 5.82 Å². The van der Waals surface area contributed by atoms with Gasteiger partial charge in [-0.1, -0.05) is 19.3 Å². The summed E-state index contributed by atoms with van der Waals surface area (Å²) < 4.78 is 13.8. The summed E-state index contributed by atoms with van der Waals surface area (Å²) in [6.07, 6.45) is 5.68. The molecule has 1 aliphatic carbocycles.